The second-order valence-corrected chi connectivity index (χ2v) is 19.1. The second-order valence-electron chi connectivity index (χ2n) is 10.5. The van der Waals surface area contributed by atoms with Crippen molar-refractivity contribution in [2.75, 3.05) is 0 Å². The van der Waals surface area contributed by atoms with E-state index in [0.717, 1.165) is 90.4 Å². The molecule has 3 aliphatic carbocycles. The number of hydrogen-bond acceptors (Lipinski definition) is 6. The van der Waals surface area contributed by atoms with E-state index in [-0.39, 0.29) is 48.6 Å². The molecule has 3 saturated carbocycles. The summed E-state index contributed by atoms with van der Waals surface area (Å²) in [4.78, 5) is 37.3. The molecular weight excluding hydrogens is 574 g/mol. The molecule has 8 heteroatoms. The van der Waals surface area contributed by atoms with Gasteiger partial charge in [-0.2, -0.15) is 0 Å². The Hall–Kier alpha value is -0.501. The molecule has 35 heavy (non-hydrogen) atoms. The maximum absolute atomic E-state index is 12.4. The second kappa shape index (κ2) is 17.9. The number of ether oxygens (including phenoxy) is 3. The molecule has 0 unspecified atom stereocenters. The van der Waals surface area contributed by atoms with Gasteiger partial charge in [-0.05, 0) is 0 Å². The Kier molecular flexibility index (Phi) is 15.7. The summed E-state index contributed by atoms with van der Waals surface area (Å²) >= 11 is -2.13. The molecule has 3 rings (SSSR count). The summed E-state index contributed by atoms with van der Waals surface area (Å²) in [5, 5.41) is 0. The van der Waals surface area contributed by atoms with Gasteiger partial charge in [0.15, 0.2) is 0 Å². The number of carbonyl (C=O) groups is 3. The monoisotopic (exact) mass is 621 g/mol. The molecule has 1 radical (unpaired) electrons. The maximum atomic E-state index is 12.4. The van der Waals surface area contributed by atoms with Crippen molar-refractivity contribution in [3.63, 3.8) is 0 Å². The summed E-state index contributed by atoms with van der Waals surface area (Å²) in [6.45, 7) is 0. The van der Waals surface area contributed by atoms with Gasteiger partial charge in [0, 0.05) is 0 Å². The van der Waals surface area contributed by atoms with Crippen LogP contribution in [0, 0.1) is 0 Å². The number of esters is 3. The van der Waals surface area contributed by atoms with E-state index in [2.05, 4.69) is 0 Å². The minimum absolute atomic E-state index is 0. The van der Waals surface area contributed by atoms with Crippen molar-refractivity contribution in [1.29, 1.82) is 0 Å². The van der Waals surface area contributed by atoms with Crippen molar-refractivity contribution in [3.05, 3.63) is 0 Å². The first-order valence-electron chi connectivity index (χ1n) is 14.0. The van der Waals surface area contributed by atoms with Crippen molar-refractivity contribution >= 4 is 50.1 Å². The topological polar surface area (TPSA) is 78.9 Å². The van der Waals surface area contributed by atoms with Crippen LogP contribution in [0.5, 0.6) is 0 Å². The van der Waals surface area contributed by atoms with Crippen LogP contribution < -0.4 is 0 Å². The molecule has 6 nitrogen and oxygen atoms in total. The van der Waals surface area contributed by atoms with Crippen molar-refractivity contribution < 1.29 is 28.6 Å². The van der Waals surface area contributed by atoms with Crippen LogP contribution in [-0.4, -0.2) is 56.0 Å². The molecule has 0 heterocycles. The molecule has 0 amide bonds. The van der Waals surface area contributed by atoms with Crippen molar-refractivity contribution in [2.24, 2.45) is 0 Å². The Labute approximate surface area is 225 Å². The molecule has 0 bridgehead atoms. The van der Waals surface area contributed by atoms with Crippen LogP contribution in [0.15, 0.2) is 0 Å². The van der Waals surface area contributed by atoms with Gasteiger partial charge in [-0.25, -0.2) is 0 Å². The minimum atomic E-state index is -2.13. The molecule has 3 aliphatic rings. The zero-order valence-corrected chi connectivity index (χ0v) is 25.1. The predicted octanol–water partition coefficient (Wildman–Crippen LogP) is 6.70. The number of carbonyl (C=O) groups excluding carboxylic acids is 3. The molecule has 0 aromatic heterocycles. The third kappa shape index (κ3) is 13.0. The molecule has 0 N–H and O–H groups in total. The van der Waals surface area contributed by atoms with E-state index in [1.165, 1.54) is 19.3 Å². The predicted molar refractivity (Wildman–Crippen MR) is 140 cm³/mol. The molecule has 201 valence electrons. The van der Waals surface area contributed by atoms with Crippen LogP contribution in [-0.2, 0) is 28.6 Å². The molecule has 0 saturated heterocycles. The molecule has 0 aromatic rings. The van der Waals surface area contributed by atoms with Crippen molar-refractivity contribution in [1.82, 2.24) is 0 Å². The Balaban J connectivity index is 0.00000432. The number of hydrogen-bond donors (Lipinski definition) is 0. The summed E-state index contributed by atoms with van der Waals surface area (Å²) in [5.74, 6) is -0.293. The first kappa shape index (κ1) is 30.7. The van der Waals surface area contributed by atoms with Gasteiger partial charge in [0.2, 0.25) is 0 Å². The van der Waals surface area contributed by atoms with E-state index in [9.17, 15) is 14.4 Å². The molecule has 3 fully saturated rings. The third-order valence-electron chi connectivity index (χ3n) is 7.60. The van der Waals surface area contributed by atoms with Crippen LogP contribution in [0.25, 0.3) is 0 Å². The standard InChI is InChI=1S/3C9H15O2.ClH.Sn/c3*1-2-9(10)11-8-6-4-3-5-7-8;;/h3*8H,1-7H2;1H;. The average molecular weight is 621 g/mol. The fraction of sp³-hybridized carbons (Fsp3) is 0.889. The molecule has 0 spiro atoms. The third-order valence-corrected chi connectivity index (χ3v) is 15.8. The van der Waals surface area contributed by atoms with Gasteiger partial charge < -0.3 is 0 Å². The normalized spacial score (nSPS) is 20.1. The van der Waals surface area contributed by atoms with Crippen LogP contribution in [0.1, 0.15) is 116 Å². The van der Waals surface area contributed by atoms with Crippen LogP contribution in [0.3, 0.4) is 0 Å². The summed E-state index contributed by atoms with van der Waals surface area (Å²) in [6.07, 6.45) is 18.0. The average Bonchev–Trinajstić information content (AvgIpc) is 2.85. The van der Waals surface area contributed by atoms with E-state index >= 15 is 0 Å². The zero-order chi connectivity index (χ0) is 24.0. The molecule has 0 atom stereocenters. The van der Waals surface area contributed by atoms with Crippen LogP contribution in [0.4, 0.5) is 0 Å². The Morgan fingerprint density at radius 1 is 0.486 bits per heavy atom. The van der Waals surface area contributed by atoms with E-state index in [1.54, 1.807) is 0 Å². The van der Waals surface area contributed by atoms with Crippen LogP contribution >= 0.6 is 12.4 Å². The zero-order valence-electron chi connectivity index (χ0n) is 21.4. The van der Waals surface area contributed by atoms with Gasteiger partial charge in [-0.1, -0.05) is 0 Å². The van der Waals surface area contributed by atoms with Gasteiger partial charge >= 0.3 is 213 Å². The molecule has 0 aromatic carbocycles. The molecular formula is C27H46ClO6Sn. The quantitative estimate of drug-likeness (QED) is 0.137. The Morgan fingerprint density at radius 2 is 0.743 bits per heavy atom. The van der Waals surface area contributed by atoms with Crippen LogP contribution in [0.2, 0.25) is 13.3 Å². The summed E-state index contributed by atoms with van der Waals surface area (Å²) in [7, 11) is 0. The van der Waals surface area contributed by atoms with E-state index in [1.807, 2.05) is 0 Å². The summed E-state index contributed by atoms with van der Waals surface area (Å²) in [6, 6.07) is 0. The van der Waals surface area contributed by atoms with Crippen molar-refractivity contribution in [2.45, 2.75) is 147 Å². The van der Waals surface area contributed by atoms with Gasteiger partial charge in [0.05, 0.1) is 0 Å². The van der Waals surface area contributed by atoms with Crippen molar-refractivity contribution in [3.8, 4) is 0 Å². The summed E-state index contributed by atoms with van der Waals surface area (Å²) < 4.78 is 19.6. The number of halogens is 1. The SMILES string of the molecule is Cl.O=C(C[CH2][Sn]([CH2]CC(=O)OC1CCCCC1)[CH2]CC(=O)OC1CCCCC1)OC1CCCCC1. The first-order valence-corrected chi connectivity index (χ1v) is 20.1. The van der Waals surface area contributed by atoms with Gasteiger partial charge in [0.1, 0.15) is 0 Å². The fourth-order valence-corrected chi connectivity index (χ4v) is 12.4. The van der Waals surface area contributed by atoms with Gasteiger partial charge in [-0.3, -0.25) is 0 Å². The van der Waals surface area contributed by atoms with Gasteiger partial charge in [-0.15, -0.1) is 12.4 Å². The van der Waals surface area contributed by atoms with E-state index in [0.29, 0.717) is 19.3 Å². The Morgan fingerprint density at radius 3 is 1.00 bits per heavy atom. The fourth-order valence-electron chi connectivity index (χ4n) is 5.49. The number of rotatable bonds is 12. The van der Waals surface area contributed by atoms with E-state index in [4.69, 9.17) is 14.2 Å². The van der Waals surface area contributed by atoms with E-state index < -0.39 is 19.8 Å². The first-order chi connectivity index (χ1) is 16.6. The molecule has 0 aliphatic heterocycles. The Bertz CT molecular complexity index is 542. The summed E-state index contributed by atoms with van der Waals surface area (Å²) in [5.41, 5.74) is 0. The van der Waals surface area contributed by atoms with Gasteiger partial charge in [0.25, 0.3) is 0 Å².